The molecule has 0 aliphatic carbocycles. The number of carbonyl (C=O) groups excluding carboxylic acids is 1. The Morgan fingerprint density at radius 1 is 1.62 bits per heavy atom. The van der Waals surface area contributed by atoms with Crippen LogP contribution in [0.25, 0.3) is 0 Å². The summed E-state index contributed by atoms with van der Waals surface area (Å²) in [5.74, 6) is 0. The zero-order valence-corrected chi connectivity index (χ0v) is 7.11. The average molecular weight is 244 g/mol. The fourth-order valence-electron chi connectivity index (χ4n) is 0.150. The molecule has 0 aromatic heterocycles. The van der Waals surface area contributed by atoms with E-state index in [2.05, 4.69) is 36.6 Å². The van der Waals surface area contributed by atoms with Crippen molar-refractivity contribution in [3.63, 3.8) is 0 Å². The molecule has 0 radical (unpaired) electrons. The summed E-state index contributed by atoms with van der Waals surface area (Å²) in [7, 11) is 0. The molecule has 0 unspecified atom stereocenters. The molecule has 0 atom stereocenters. The van der Waals surface area contributed by atoms with Gasteiger partial charge in [-0.2, -0.15) is 0 Å². The van der Waals surface area contributed by atoms with Crippen LogP contribution in [0.1, 0.15) is 0 Å². The van der Waals surface area contributed by atoms with Crippen molar-refractivity contribution < 1.29 is 9.53 Å². The van der Waals surface area contributed by atoms with E-state index in [1.807, 2.05) is 0 Å². The predicted octanol–water partition coefficient (Wildman–Crippen LogP) is 1.79. The van der Waals surface area contributed by atoms with Gasteiger partial charge >= 0.3 is 0 Å². The molecule has 0 spiro atoms. The van der Waals surface area contributed by atoms with Crippen LogP contribution in [-0.4, -0.2) is 13.1 Å². The molecule has 0 heterocycles. The van der Waals surface area contributed by atoms with Crippen molar-refractivity contribution >= 4 is 38.3 Å². The van der Waals surface area contributed by atoms with Gasteiger partial charge in [-0.1, -0.05) is 0 Å². The lowest BCUT2D eigenvalue weighted by atomic mass is 10.7. The number of ether oxygens (including phenoxy) is 1. The molecule has 8 heavy (non-hydrogen) atoms. The summed E-state index contributed by atoms with van der Waals surface area (Å²) >= 11 is 6.17. The Kier molecular flexibility index (Phi) is 5.42. The first kappa shape index (κ1) is 8.17. The number of hydrogen-bond acceptors (Lipinski definition) is 2. The first-order valence-corrected chi connectivity index (χ1v) is 3.42. The Balaban J connectivity index is 3.15. The van der Waals surface area contributed by atoms with E-state index in [1.54, 1.807) is 6.08 Å². The van der Waals surface area contributed by atoms with Gasteiger partial charge in [-0.15, -0.1) is 0 Å². The van der Waals surface area contributed by atoms with Gasteiger partial charge in [0.15, 0.2) is 0 Å². The van der Waals surface area contributed by atoms with Crippen LogP contribution in [-0.2, 0) is 9.53 Å². The van der Waals surface area contributed by atoms with E-state index in [0.29, 0.717) is 13.1 Å². The molecule has 0 rings (SSSR count). The molecule has 0 amide bonds. The number of carbonyl (C=O) groups is 1. The van der Waals surface area contributed by atoms with Crippen LogP contribution >= 0.6 is 31.9 Å². The third-order valence-corrected chi connectivity index (χ3v) is 1.05. The van der Waals surface area contributed by atoms with Crippen LogP contribution in [0.5, 0.6) is 0 Å². The second-order valence-corrected chi connectivity index (χ2v) is 3.70. The first-order chi connectivity index (χ1) is 3.77. The topological polar surface area (TPSA) is 26.3 Å². The molecular weight excluding hydrogens is 240 g/mol. The SMILES string of the molecule is O=COCC=C(Br)Br. The summed E-state index contributed by atoms with van der Waals surface area (Å²) < 4.78 is 5.11. The van der Waals surface area contributed by atoms with Gasteiger partial charge in [0.2, 0.25) is 0 Å². The summed E-state index contributed by atoms with van der Waals surface area (Å²) in [5, 5.41) is 0. The summed E-state index contributed by atoms with van der Waals surface area (Å²) in [6, 6.07) is 0. The standard InChI is InChI=1S/C4H4Br2O2/c5-4(6)1-2-8-3-7/h1,3H,2H2. The lowest BCUT2D eigenvalue weighted by Crippen LogP contribution is -1.84. The Morgan fingerprint density at radius 3 is 2.62 bits per heavy atom. The highest BCUT2D eigenvalue weighted by Gasteiger charge is 1.79. The molecule has 0 aromatic rings. The van der Waals surface area contributed by atoms with Gasteiger partial charge < -0.3 is 4.74 Å². The normalized spacial score (nSPS) is 7.75. The minimum absolute atomic E-state index is 0.301. The van der Waals surface area contributed by atoms with Gasteiger partial charge in [-0.25, -0.2) is 0 Å². The van der Waals surface area contributed by atoms with Crippen molar-refractivity contribution in [1.29, 1.82) is 0 Å². The molecule has 2 nitrogen and oxygen atoms in total. The quantitative estimate of drug-likeness (QED) is 0.558. The van der Waals surface area contributed by atoms with Crippen molar-refractivity contribution in [2.24, 2.45) is 0 Å². The van der Waals surface area contributed by atoms with Crippen molar-refractivity contribution in [3.05, 3.63) is 9.47 Å². The largest absolute Gasteiger partial charge is 0.464 e. The van der Waals surface area contributed by atoms with Gasteiger partial charge in [-0.3, -0.25) is 4.79 Å². The molecule has 0 fully saturated rings. The summed E-state index contributed by atoms with van der Waals surface area (Å²) in [6.45, 7) is 0.703. The molecule has 0 aromatic carbocycles. The van der Waals surface area contributed by atoms with E-state index in [9.17, 15) is 4.79 Å². The maximum Gasteiger partial charge on any atom is 0.293 e. The second-order valence-electron chi connectivity index (χ2n) is 0.923. The van der Waals surface area contributed by atoms with E-state index in [4.69, 9.17) is 0 Å². The molecule has 0 N–H and O–H groups in total. The second kappa shape index (κ2) is 5.31. The molecule has 0 saturated heterocycles. The van der Waals surface area contributed by atoms with Crippen LogP contribution in [0, 0.1) is 0 Å². The predicted molar refractivity (Wildman–Crippen MR) is 38.0 cm³/mol. The van der Waals surface area contributed by atoms with Crippen LogP contribution < -0.4 is 0 Å². The zero-order chi connectivity index (χ0) is 6.41. The highest BCUT2D eigenvalue weighted by atomic mass is 79.9. The van der Waals surface area contributed by atoms with Crippen LogP contribution in [0.4, 0.5) is 0 Å². The van der Waals surface area contributed by atoms with Crippen LogP contribution in [0.15, 0.2) is 9.47 Å². The fraction of sp³-hybridized carbons (Fsp3) is 0.250. The molecule has 0 aliphatic heterocycles. The van der Waals surface area contributed by atoms with Gasteiger partial charge in [0.1, 0.15) is 6.61 Å². The Labute approximate surface area is 64.2 Å². The molecule has 0 bridgehead atoms. The monoisotopic (exact) mass is 242 g/mol. The average Bonchev–Trinajstić information content (AvgIpc) is 1.66. The first-order valence-electron chi connectivity index (χ1n) is 1.83. The lowest BCUT2D eigenvalue weighted by molar-refractivity contribution is -0.127. The van der Waals surface area contributed by atoms with E-state index in [0.717, 1.165) is 3.39 Å². The van der Waals surface area contributed by atoms with Crippen molar-refractivity contribution in [1.82, 2.24) is 0 Å². The molecule has 0 saturated carbocycles. The number of hydrogen-bond donors (Lipinski definition) is 0. The summed E-state index contributed by atoms with van der Waals surface area (Å²) in [5.41, 5.74) is 0. The van der Waals surface area contributed by atoms with Crippen molar-refractivity contribution in [2.45, 2.75) is 0 Å². The highest BCUT2D eigenvalue weighted by molar-refractivity contribution is 9.28. The van der Waals surface area contributed by atoms with E-state index in [1.165, 1.54) is 0 Å². The van der Waals surface area contributed by atoms with Crippen molar-refractivity contribution in [3.8, 4) is 0 Å². The third-order valence-electron chi connectivity index (χ3n) is 0.402. The maximum absolute atomic E-state index is 9.50. The van der Waals surface area contributed by atoms with Crippen LogP contribution in [0.3, 0.4) is 0 Å². The molecule has 0 aliphatic rings. The Hall–Kier alpha value is 0.170. The molecule has 46 valence electrons. The Bertz CT molecular complexity index is 96.2. The minimum atomic E-state index is 0.301. The fourth-order valence-corrected chi connectivity index (χ4v) is 0.415. The minimum Gasteiger partial charge on any atom is -0.464 e. The van der Waals surface area contributed by atoms with Gasteiger partial charge in [-0.05, 0) is 37.9 Å². The zero-order valence-electron chi connectivity index (χ0n) is 3.93. The summed E-state index contributed by atoms with van der Waals surface area (Å²) in [6.07, 6.45) is 1.68. The van der Waals surface area contributed by atoms with Crippen LogP contribution in [0.2, 0.25) is 0 Å². The number of halogens is 2. The van der Waals surface area contributed by atoms with Crippen molar-refractivity contribution in [2.75, 3.05) is 6.61 Å². The van der Waals surface area contributed by atoms with Gasteiger partial charge in [0.25, 0.3) is 6.47 Å². The maximum atomic E-state index is 9.50. The highest BCUT2D eigenvalue weighted by Crippen LogP contribution is 2.11. The molecular formula is C4H4Br2O2. The third kappa shape index (κ3) is 6.17. The summed E-state index contributed by atoms with van der Waals surface area (Å²) in [4.78, 5) is 9.50. The van der Waals surface area contributed by atoms with Gasteiger partial charge in [0, 0.05) is 0 Å². The van der Waals surface area contributed by atoms with Gasteiger partial charge in [0.05, 0.1) is 3.39 Å². The lowest BCUT2D eigenvalue weighted by Gasteiger charge is -1.86. The smallest absolute Gasteiger partial charge is 0.293 e. The van der Waals surface area contributed by atoms with E-state index < -0.39 is 0 Å². The van der Waals surface area contributed by atoms with E-state index >= 15 is 0 Å². The number of rotatable bonds is 3. The Morgan fingerprint density at radius 2 is 2.25 bits per heavy atom. The van der Waals surface area contributed by atoms with E-state index in [-0.39, 0.29) is 0 Å². The molecule has 4 heteroatoms.